The van der Waals surface area contributed by atoms with Crippen LogP contribution in [0, 0.1) is 5.92 Å². The molecule has 0 fully saturated rings. The van der Waals surface area contributed by atoms with Crippen LogP contribution in [-0.4, -0.2) is 69.1 Å². The van der Waals surface area contributed by atoms with Crippen LogP contribution in [-0.2, 0) is 28.5 Å². The molecule has 0 aromatic carbocycles. The Kier molecular flexibility index (Phi) is 42.9. The van der Waals surface area contributed by atoms with Crippen molar-refractivity contribution in [3.63, 3.8) is 0 Å². The minimum absolute atomic E-state index is 0.00819. The number of unbranched alkanes of at least 4 members (excludes halogenated alkanes) is 20. The summed E-state index contributed by atoms with van der Waals surface area (Å²) in [7, 11) is 0. The number of allylic oxidation sites excluding steroid dienone is 5. The SMILES string of the molecule is CCCCC/C=C\C/C=C\CCCCCCCC(=O)OCC(COC(=O)C=C(CCCCCCCCC)CCCCCCCCC)COC(=O)OCCCN(CC)CC. The number of hydrogen-bond acceptors (Lipinski definition) is 8. The van der Waals surface area contributed by atoms with Crippen molar-refractivity contribution in [2.75, 3.05) is 46.1 Å². The maximum Gasteiger partial charge on any atom is 0.508 e. The van der Waals surface area contributed by atoms with Gasteiger partial charge in [0.25, 0.3) is 0 Å². The number of nitrogens with zero attached hydrogens (tertiary/aromatic N) is 1. The summed E-state index contributed by atoms with van der Waals surface area (Å²) in [6.45, 7) is 13.9. The fourth-order valence-corrected chi connectivity index (χ4v) is 7.02. The van der Waals surface area contributed by atoms with Crippen molar-refractivity contribution in [1.29, 1.82) is 0 Å². The minimum Gasteiger partial charge on any atom is -0.465 e. The molecule has 0 aromatic heterocycles. The Hall–Kier alpha value is -2.61. The Bertz CT molecular complexity index is 1030. The second-order valence-electron chi connectivity index (χ2n) is 16.5. The lowest BCUT2D eigenvalue weighted by Gasteiger charge is -2.18. The van der Waals surface area contributed by atoms with Crippen molar-refractivity contribution in [2.45, 2.75) is 221 Å². The second-order valence-corrected chi connectivity index (χ2v) is 16.5. The van der Waals surface area contributed by atoms with E-state index in [1.165, 1.54) is 103 Å². The summed E-state index contributed by atoms with van der Waals surface area (Å²) in [5.74, 6) is -1.15. The second kappa shape index (κ2) is 44.9. The lowest BCUT2D eigenvalue weighted by molar-refractivity contribution is -0.148. The van der Waals surface area contributed by atoms with Crippen molar-refractivity contribution in [2.24, 2.45) is 5.92 Å². The molecule has 0 radical (unpaired) electrons. The number of carbonyl (C=O) groups excluding carboxylic acids is 3. The van der Waals surface area contributed by atoms with Crippen LogP contribution in [0.4, 0.5) is 4.79 Å². The average molecular weight is 832 g/mol. The first-order chi connectivity index (χ1) is 28.9. The van der Waals surface area contributed by atoms with Crippen LogP contribution in [0.25, 0.3) is 0 Å². The summed E-state index contributed by atoms with van der Waals surface area (Å²) >= 11 is 0. The van der Waals surface area contributed by atoms with Crippen LogP contribution in [0.3, 0.4) is 0 Å². The maximum absolute atomic E-state index is 13.1. The molecule has 0 amide bonds. The van der Waals surface area contributed by atoms with E-state index < -0.39 is 12.1 Å². The highest BCUT2D eigenvalue weighted by atomic mass is 16.7. The van der Waals surface area contributed by atoms with Gasteiger partial charge >= 0.3 is 18.1 Å². The van der Waals surface area contributed by atoms with Crippen molar-refractivity contribution in [3.05, 3.63) is 36.0 Å². The van der Waals surface area contributed by atoms with Gasteiger partial charge in [-0.1, -0.05) is 174 Å². The van der Waals surface area contributed by atoms with E-state index in [1.807, 2.05) is 0 Å². The maximum atomic E-state index is 13.1. The van der Waals surface area contributed by atoms with E-state index in [-0.39, 0.29) is 38.4 Å². The third kappa shape index (κ3) is 40.6. The minimum atomic E-state index is -0.760. The molecule has 0 rings (SSSR count). The predicted octanol–water partition coefficient (Wildman–Crippen LogP) is 14.6. The lowest BCUT2D eigenvalue weighted by Crippen LogP contribution is -2.27. The van der Waals surface area contributed by atoms with Gasteiger partial charge in [-0.3, -0.25) is 4.79 Å². The van der Waals surface area contributed by atoms with Gasteiger partial charge in [0, 0.05) is 19.0 Å². The number of hydrogen-bond donors (Lipinski definition) is 0. The molecule has 8 heteroatoms. The molecule has 1 unspecified atom stereocenters. The van der Waals surface area contributed by atoms with Crippen molar-refractivity contribution in [1.82, 2.24) is 4.90 Å². The Morgan fingerprint density at radius 2 is 0.932 bits per heavy atom. The first-order valence-electron chi connectivity index (χ1n) is 24.7. The van der Waals surface area contributed by atoms with Crippen molar-refractivity contribution < 1.29 is 33.3 Å². The summed E-state index contributed by atoms with van der Waals surface area (Å²) in [6.07, 6.45) is 42.5. The van der Waals surface area contributed by atoms with Gasteiger partial charge in [-0.25, -0.2) is 9.59 Å². The Morgan fingerprint density at radius 3 is 1.49 bits per heavy atom. The topological polar surface area (TPSA) is 91.4 Å². The van der Waals surface area contributed by atoms with Gasteiger partial charge in [-0.2, -0.15) is 0 Å². The van der Waals surface area contributed by atoms with Gasteiger partial charge < -0.3 is 23.8 Å². The monoisotopic (exact) mass is 832 g/mol. The van der Waals surface area contributed by atoms with E-state index >= 15 is 0 Å². The third-order valence-electron chi connectivity index (χ3n) is 11.0. The van der Waals surface area contributed by atoms with E-state index in [2.05, 4.69) is 63.8 Å². The van der Waals surface area contributed by atoms with Crippen LogP contribution in [0.5, 0.6) is 0 Å². The van der Waals surface area contributed by atoms with Crippen molar-refractivity contribution >= 4 is 18.1 Å². The molecule has 0 saturated heterocycles. The normalized spacial score (nSPS) is 12.0. The van der Waals surface area contributed by atoms with Gasteiger partial charge in [0.05, 0.1) is 12.5 Å². The van der Waals surface area contributed by atoms with E-state index in [1.54, 1.807) is 6.08 Å². The number of rotatable bonds is 43. The largest absolute Gasteiger partial charge is 0.508 e. The molecule has 0 spiro atoms. The average Bonchev–Trinajstić information content (AvgIpc) is 3.23. The lowest BCUT2D eigenvalue weighted by atomic mass is 9.99. The van der Waals surface area contributed by atoms with Crippen LogP contribution in [0.2, 0.25) is 0 Å². The highest BCUT2D eigenvalue weighted by Crippen LogP contribution is 2.20. The number of ether oxygens (including phenoxy) is 4. The highest BCUT2D eigenvalue weighted by Gasteiger charge is 2.18. The van der Waals surface area contributed by atoms with Crippen molar-refractivity contribution in [3.8, 4) is 0 Å². The van der Waals surface area contributed by atoms with Crippen LogP contribution < -0.4 is 0 Å². The molecule has 0 aliphatic rings. The number of esters is 2. The predicted molar refractivity (Wildman–Crippen MR) is 248 cm³/mol. The Morgan fingerprint density at radius 1 is 0.475 bits per heavy atom. The van der Waals surface area contributed by atoms with Crippen LogP contribution in [0.15, 0.2) is 36.0 Å². The van der Waals surface area contributed by atoms with Gasteiger partial charge in [-0.15, -0.1) is 0 Å². The smallest absolute Gasteiger partial charge is 0.465 e. The van der Waals surface area contributed by atoms with Crippen LogP contribution >= 0.6 is 0 Å². The summed E-state index contributed by atoms with van der Waals surface area (Å²) in [6, 6.07) is 0. The fraction of sp³-hybridized carbons (Fsp3) is 0.824. The summed E-state index contributed by atoms with van der Waals surface area (Å²) < 4.78 is 22.1. The number of carbonyl (C=O) groups is 3. The first-order valence-corrected chi connectivity index (χ1v) is 24.7. The summed E-state index contributed by atoms with van der Waals surface area (Å²) in [5.41, 5.74) is 1.15. The fourth-order valence-electron chi connectivity index (χ4n) is 7.02. The third-order valence-corrected chi connectivity index (χ3v) is 11.0. The molecule has 0 bridgehead atoms. The molecule has 0 saturated carbocycles. The molecular formula is C51H93NO7. The standard InChI is InChI=1S/C51H93NO7/c1-6-11-14-17-20-21-22-23-24-25-26-27-30-33-36-40-49(53)57-44-48(46-59-51(55)56-42-37-41-52(9-4)10-5)45-58-50(54)43-47(38-34-31-28-18-15-12-7-2)39-35-32-29-19-16-13-8-3/h20-21,23-24,43,48H,6-19,22,25-42,44-46H2,1-5H3/b21-20-,24-23-. The molecule has 8 nitrogen and oxygen atoms in total. The molecule has 0 N–H and O–H groups in total. The van der Waals surface area contributed by atoms with Gasteiger partial charge in [0.15, 0.2) is 0 Å². The van der Waals surface area contributed by atoms with E-state index in [9.17, 15) is 14.4 Å². The molecule has 0 aliphatic carbocycles. The first kappa shape index (κ1) is 56.4. The zero-order valence-corrected chi connectivity index (χ0v) is 39.2. The molecule has 0 heterocycles. The van der Waals surface area contributed by atoms with Gasteiger partial charge in [0.1, 0.15) is 19.8 Å². The highest BCUT2D eigenvalue weighted by molar-refractivity contribution is 5.82. The summed E-state index contributed by atoms with van der Waals surface area (Å²) in [5, 5.41) is 0. The zero-order chi connectivity index (χ0) is 43.3. The molecule has 59 heavy (non-hydrogen) atoms. The zero-order valence-electron chi connectivity index (χ0n) is 39.2. The quantitative estimate of drug-likeness (QED) is 0.0197. The molecule has 0 aliphatic heterocycles. The van der Waals surface area contributed by atoms with Crippen LogP contribution in [0.1, 0.15) is 221 Å². The Labute approximate surface area is 364 Å². The van der Waals surface area contributed by atoms with Gasteiger partial charge in [-0.05, 0) is 83.7 Å². The summed E-state index contributed by atoms with van der Waals surface area (Å²) in [4.78, 5) is 40.5. The van der Waals surface area contributed by atoms with E-state index in [0.717, 1.165) is 102 Å². The van der Waals surface area contributed by atoms with E-state index in [0.29, 0.717) is 6.42 Å². The molecule has 0 aromatic rings. The Balaban J connectivity index is 4.99. The molecule has 344 valence electrons. The van der Waals surface area contributed by atoms with E-state index in [4.69, 9.17) is 18.9 Å². The van der Waals surface area contributed by atoms with Gasteiger partial charge in [0.2, 0.25) is 0 Å². The molecule has 1 atom stereocenters. The molecular weight excluding hydrogens is 739 g/mol.